The van der Waals surface area contributed by atoms with Gasteiger partial charge in [-0.2, -0.15) is 0 Å². The van der Waals surface area contributed by atoms with Crippen molar-refractivity contribution in [2.45, 2.75) is 63.1 Å². The maximum Gasteiger partial charge on any atom is 0.252 e. The maximum absolute atomic E-state index is 12.7. The SMILES string of the molecule is CN1CCC(N2CCC(Oc3cccc(C(=O)N[C@H]4CCCCNC4=O)c3)CC2)CC1. The number of benzene rings is 1. The van der Waals surface area contributed by atoms with Gasteiger partial charge in [0.05, 0.1) is 0 Å². The minimum atomic E-state index is -0.455. The molecule has 0 spiro atoms. The highest BCUT2D eigenvalue weighted by molar-refractivity contribution is 5.97. The number of carbonyl (C=O) groups is 2. The Labute approximate surface area is 185 Å². The highest BCUT2D eigenvalue weighted by Crippen LogP contribution is 2.24. The summed E-state index contributed by atoms with van der Waals surface area (Å²) in [4.78, 5) is 29.9. The number of rotatable bonds is 5. The first kappa shape index (κ1) is 22.1. The Kier molecular flexibility index (Phi) is 7.45. The summed E-state index contributed by atoms with van der Waals surface area (Å²) in [6.07, 6.45) is 7.32. The van der Waals surface area contributed by atoms with Crippen molar-refractivity contribution in [3.63, 3.8) is 0 Å². The molecule has 0 radical (unpaired) electrons. The van der Waals surface area contributed by atoms with Crippen LogP contribution in [0, 0.1) is 0 Å². The second-order valence-corrected chi connectivity index (χ2v) is 9.23. The molecule has 3 heterocycles. The molecule has 1 aromatic carbocycles. The molecule has 3 aliphatic rings. The number of likely N-dealkylation sites (tertiary alicyclic amines) is 2. The van der Waals surface area contributed by atoms with Crippen LogP contribution in [0.25, 0.3) is 0 Å². The highest BCUT2D eigenvalue weighted by atomic mass is 16.5. The van der Waals surface area contributed by atoms with Gasteiger partial charge in [0.1, 0.15) is 17.9 Å². The van der Waals surface area contributed by atoms with Crippen molar-refractivity contribution in [3.8, 4) is 5.75 Å². The molecule has 0 bridgehead atoms. The van der Waals surface area contributed by atoms with Gasteiger partial charge in [-0.25, -0.2) is 0 Å². The van der Waals surface area contributed by atoms with Crippen molar-refractivity contribution in [1.82, 2.24) is 20.4 Å². The molecule has 1 aromatic rings. The molecule has 4 rings (SSSR count). The predicted molar refractivity (Wildman–Crippen MR) is 120 cm³/mol. The first-order valence-corrected chi connectivity index (χ1v) is 11.9. The lowest BCUT2D eigenvalue weighted by Crippen LogP contribution is -2.48. The zero-order chi connectivity index (χ0) is 21.6. The van der Waals surface area contributed by atoms with E-state index in [9.17, 15) is 9.59 Å². The third-order valence-electron chi connectivity index (χ3n) is 6.92. The number of hydrogen-bond donors (Lipinski definition) is 2. The molecule has 2 N–H and O–H groups in total. The molecule has 0 aromatic heterocycles. The number of amides is 2. The van der Waals surface area contributed by atoms with Gasteiger partial charge < -0.3 is 25.2 Å². The molecule has 2 amide bonds. The van der Waals surface area contributed by atoms with Crippen molar-refractivity contribution in [2.24, 2.45) is 0 Å². The normalized spacial score (nSPS) is 24.9. The van der Waals surface area contributed by atoms with E-state index < -0.39 is 6.04 Å². The van der Waals surface area contributed by atoms with Crippen molar-refractivity contribution in [3.05, 3.63) is 29.8 Å². The molecular formula is C24H36N4O3. The topological polar surface area (TPSA) is 73.9 Å². The molecule has 31 heavy (non-hydrogen) atoms. The quantitative estimate of drug-likeness (QED) is 0.751. The first-order chi connectivity index (χ1) is 15.1. The van der Waals surface area contributed by atoms with Crippen molar-refractivity contribution >= 4 is 11.8 Å². The van der Waals surface area contributed by atoms with Crippen LogP contribution in [-0.4, -0.2) is 79.6 Å². The monoisotopic (exact) mass is 428 g/mol. The number of nitrogens with zero attached hydrogens (tertiary/aromatic N) is 2. The fourth-order valence-electron chi connectivity index (χ4n) is 4.94. The van der Waals surface area contributed by atoms with E-state index in [1.807, 2.05) is 12.1 Å². The summed E-state index contributed by atoms with van der Waals surface area (Å²) in [5, 5.41) is 5.75. The van der Waals surface area contributed by atoms with Crippen LogP contribution in [0.1, 0.15) is 55.3 Å². The molecular weight excluding hydrogens is 392 g/mol. The van der Waals surface area contributed by atoms with E-state index in [0.717, 1.165) is 44.5 Å². The lowest BCUT2D eigenvalue weighted by Gasteiger charge is -2.41. The summed E-state index contributed by atoms with van der Waals surface area (Å²) in [6, 6.07) is 7.60. The number of hydrogen-bond acceptors (Lipinski definition) is 5. The predicted octanol–water partition coefficient (Wildman–Crippen LogP) is 2.02. The average molecular weight is 429 g/mol. The zero-order valence-electron chi connectivity index (χ0n) is 18.6. The first-order valence-electron chi connectivity index (χ1n) is 11.9. The second kappa shape index (κ2) is 10.5. The lowest BCUT2D eigenvalue weighted by atomic mass is 9.99. The number of ether oxygens (including phenoxy) is 1. The van der Waals surface area contributed by atoms with Gasteiger partial charge in [-0.15, -0.1) is 0 Å². The Morgan fingerprint density at radius 2 is 1.84 bits per heavy atom. The smallest absolute Gasteiger partial charge is 0.252 e. The number of nitrogens with one attached hydrogen (secondary N) is 2. The van der Waals surface area contributed by atoms with Crippen LogP contribution in [-0.2, 0) is 4.79 Å². The van der Waals surface area contributed by atoms with Gasteiger partial charge in [0.15, 0.2) is 0 Å². The molecule has 7 heteroatoms. The van der Waals surface area contributed by atoms with Gasteiger partial charge in [0.2, 0.25) is 5.91 Å². The van der Waals surface area contributed by atoms with E-state index in [0.29, 0.717) is 24.6 Å². The molecule has 3 aliphatic heterocycles. The van der Waals surface area contributed by atoms with E-state index in [1.54, 1.807) is 12.1 Å². The molecule has 3 saturated heterocycles. The molecule has 3 fully saturated rings. The van der Waals surface area contributed by atoms with Crippen molar-refractivity contribution < 1.29 is 14.3 Å². The lowest BCUT2D eigenvalue weighted by molar-refractivity contribution is -0.122. The van der Waals surface area contributed by atoms with Gasteiger partial charge in [-0.3, -0.25) is 9.59 Å². The molecule has 0 unspecified atom stereocenters. The summed E-state index contributed by atoms with van der Waals surface area (Å²) in [5.74, 6) is 0.426. The van der Waals surface area contributed by atoms with Crippen LogP contribution >= 0.6 is 0 Å². The van der Waals surface area contributed by atoms with E-state index in [-0.39, 0.29) is 17.9 Å². The van der Waals surface area contributed by atoms with E-state index >= 15 is 0 Å². The largest absolute Gasteiger partial charge is 0.490 e. The molecule has 170 valence electrons. The molecule has 0 saturated carbocycles. The van der Waals surface area contributed by atoms with Crippen LogP contribution < -0.4 is 15.4 Å². The van der Waals surface area contributed by atoms with Gasteiger partial charge in [0.25, 0.3) is 5.91 Å². The van der Waals surface area contributed by atoms with Crippen LogP contribution in [0.3, 0.4) is 0 Å². The fourth-order valence-corrected chi connectivity index (χ4v) is 4.94. The van der Waals surface area contributed by atoms with Crippen LogP contribution in [0.2, 0.25) is 0 Å². The average Bonchev–Trinajstić information content (AvgIpc) is 2.99. The Morgan fingerprint density at radius 1 is 1.06 bits per heavy atom. The van der Waals surface area contributed by atoms with Crippen LogP contribution in [0.5, 0.6) is 5.75 Å². The van der Waals surface area contributed by atoms with E-state index in [1.165, 1.54) is 25.9 Å². The highest BCUT2D eigenvalue weighted by Gasteiger charge is 2.28. The standard InChI is InChI=1S/C24H36N4O3/c1-27-13-8-19(9-14-27)28-15-10-20(11-16-28)31-21-6-4-5-18(17-21)23(29)26-22-7-2-3-12-25-24(22)30/h4-6,17,19-20,22H,2-3,7-16H2,1H3,(H,25,30)(H,26,29)/t22-/m0/s1. The Hall–Kier alpha value is -2.12. The van der Waals surface area contributed by atoms with Crippen molar-refractivity contribution in [2.75, 3.05) is 39.8 Å². The number of carbonyl (C=O) groups excluding carboxylic acids is 2. The van der Waals surface area contributed by atoms with Crippen LogP contribution in [0.4, 0.5) is 0 Å². The number of piperidine rings is 2. The third-order valence-corrected chi connectivity index (χ3v) is 6.92. The van der Waals surface area contributed by atoms with Gasteiger partial charge >= 0.3 is 0 Å². The summed E-state index contributed by atoms with van der Waals surface area (Å²) in [6.45, 7) is 5.23. The summed E-state index contributed by atoms with van der Waals surface area (Å²) in [7, 11) is 2.20. The third kappa shape index (κ3) is 5.98. The zero-order valence-corrected chi connectivity index (χ0v) is 18.6. The summed E-state index contributed by atoms with van der Waals surface area (Å²) < 4.78 is 6.24. The summed E-state index contributed by atoms with van der Waals surface area (Å²) >= 11 is 0. The van der Waals surface area contributed by atoms with Gasteiger partial charge in [0, 0.05) is 31.2 Å². The van der Waals surface area contributed by atoms with Crippen molar-refractivity contribution in [1.29, 1.82) is 0 Å². The minimum absolute atomic E-state index is 0.0883. The van der Waals surface area contributed by atoms with Gasteiger partial charge in [-0.05, 0) is 83.3 Å². The molecule has 7 nitrogen and oxygen atoms in total. The second-order valence-electron chi connectivity index (χ2n) is 9.23. The Balaban J connectivity index is 1.28. The maximum atomic E-state index is 12.7. The summed E-state index contributed by atoms with van der Waals surface area (Å²) in [5.41, 5.74) is 0.540. The van der Waals surface area contributed by atoms with Gasteiger partial charge in [-0.1, -0.05) is 6.07 Å². The Bertz CT molecular complexity index is 755. The van der Waals surface area contributed by atoms with E-state index in [2.05, 4.69) is 27.5 Å². The van der Waals surface area contributed by atoms with Crippen LogP contribution in [0.15, 0.2) is 24.3 Å². The minimum Gasteiger partial charge on any atom is -0.490 e. The van der Waals surface area contributed by atoms with E-state index in [4.69, 9.17) is 4.74 Å². The fraction of sp³-hybridized carbons (Fsp3) is 0.667. The molecule has 1 atom stereocenters. The molecule has 0 aliphatic carbocycles. The Morgan fingerprint density at radius 3 is 2.61 bits per heavy atom.